The maximum Gasteiger partial charge on any atom is 0.186 e. The average molecular weight is 284 g/mol. The summed E-state index contributed by atoms with van der Waals surface area (Å²) < 4.78 is 2.92. The van der Waals surface area contributed by atoms with Gasteiger partial charge in [0.15, 0.2) is 5.16 Å². The van der Waals surface area contributed by atoms with Gasteiger partial charge in [-0.15, -0.1) is 0 Å². The van der Waals surface area contributed by atoms with Crippen LogP contribution in [0, 0.1) is 0 Å². The van der Waals surface area contributed by atoms with E-state index in [2.05, 4.69) is 32.1 Å². The number of halogens is 1. The zero-order valence-corrected chi connectivity index (χ0v) is 10.6. The van der Waals surface area contributed by atoms with Gasteiger partial charge in [0, 0.05) is 17.3 Å². The third kappa shape index (κ3) is 2.60. The van der Waals surface area contributed by atoms with Crippen LogP contribution in [0.4, 0.5) is 0 Å². The fourth-order valence-corrected chi connectivity index (χ4v) is 2.68. The topological polar surface area (TPSA) is 30.7 Å². The second kappa shape index (κ2) is 4.81. The molecule has 2 rings (SSSR count). The summed E-state index contributed by atoms with van der Waals surface area (Å²) in [5.41, 5.74) is 1.27. The Hall–Kier alpha value is -0.810. The van der Waals surface area contributed by atoms with Crippen LogP contribution in [0.5, 0.6) is 0 Å². The molecule has 0 aliphatic heterocycles. The molecule has 0 aliphatic rings. The molecule has 0 bridgehead atoms. The predicted octanol–water partition coefficient (Wildman–Crippen LogP) is 2.87. The Morgan fingerprint density at radius 1 is 1.40 bits per heavy atom. The molecule has 15 heavy (non-hydrogen) atoms. The van der Waals surface area contributed by atoms with Crippen LogP contribution in [0.1, 0.15) is 5.56 Å². The summed E-state index contributed by atoms with van der Waals surface area (Å²) in [5.74, 6) is 0.897. The molecule has 0 unspecified atom stereocenters. The number of thioether (sulfide) groups is 1. The minimum absolute atomic E-state index is 0.897. The summed E-state index contributed by atoms with van der Waals surface area (Å²) in [6.45, 7) is 0. The maximum atomic E-state index is 4.16. The molecule has 5 heteroatoms. The summed E-state index contributed by atoms with van der Waals surface area (Å²) in [6.07, 6.45) is 1.57. The van der Waals surface area contributed by atoms with E-state index in [9.17, 15) is 0 Å². The minimum Gasteiger partial charge on any atom is -0.244 e. The first kappa shape index (κ1) is 10.7. The Morgan fingerprint density at radius 3 is 2.87 bits per heavy atom. The van der Waals surface area contributed by atoms with Crippen molar-refractivity contribution in [2.45, 2.75) is 10.9 Å². The van der Waals surface area contributed by atoms with Crippen LogP contribution in [0.3, 0.4) is 0 Å². The van der Waals surface area contributed by atoms with Crippen molar-refractivity contribution < 1.29 is 0 Å². The molecule has 0 fully saturated rings. The van der Waals surface area contributed by atoms with Gasteiger partial charge in [-0.25, -0.2) is 9.67 Å². The number of aromatic nitrogens is 3. The molecule has 1 heterocycles. The molecule has 0 spiro atoms. The van der Waals surface area contributed by atoms with Crippen molar-refractivity contribution >= 4 is 27.7 Å². The second-order valence-corrected chi connectivity index (χ2v) is 4.84. The number of nitrogens with zero attached hydrogens (tertiary/aromatic N) is 3. The zero-order valence-electron chi connectivity index (χ0n) is 8.22. The van der Waals surface area contributed by atoms with Gasteiger partial charge in [-0.2, -0.15) is 5.10 Å². The van der Waals surface area contributed by atoms with Crippen LogP contribution in [-0.2, 0) is 12.8 Å². The van der Waals surface area contributed by atoms with Crippen LogP contribution >= 0.6 is 27.7 Å². The molecule has 0 saturated carbocycles. The Morgan fingerprint density at radius 2 is 2.20 bits per heavy atom. The van der Waals surface area contributed by atoms with Crippen molar-refractivity contribution in [3.05, 3.63) is 40.6 Å². The van der Waals surface area contributed by atoms with E-state index in [1.54, 1.807) is 22.8 Å². The average Bonchev–Trinajstić information content (AvgIpc) is 2.63. The molecule has 0 amide bonds. The van der Waals surface area contributed by atoms with Gasteiger partial charge in [-0.1, -0.05) is 45.9 Å². The summed E-state index contributed by atoms with van der Waals surface area (Å²) >= 11 is 5.20. The van der Waals surface area contributed by atoms with E-state index < -0.39 is 0 Å². The monoisotopic (exact) mass is 283 g/mol. The molecule has 0 N–H and O–H groups in total. The van der Waals surface area contributed by atoms with Crippen LogP contribution in [0.2, 0.25) is 0 Å². The van der Waals surface area contributed by atoms with Crippen LogP contribution in [0.15, 0.2) is 40.2 Å². The Labute approximate surface area is 101 Å². The molecular weight excluding hydrogens is 274 g/mol. The van der Waals surface area contributed by atoms with Crippen LogP contribution in [-0.4, -0.2) is 14.8 Å². The van der Waals surface area contributed by atoms with Crippen molar-refractivity contribution in [1.82, 2.24) is 14.8 Å². The Balaban J connectivity index is 2.06. The third-order valence-electron chi connectivity index (χ3n) is 1.98. The lowest BCUT2D eigenvalue weighted by atomic mass is 10.2. The fraction of sp³-hybridized carbons (Fsp3) is 0.200. The Kier molecular flexibility index (Phi) is 3.43. The van der Waals surface area contributed by atoms with Gasteiger partial charge in [0.1, 0.15) is 6.33 Å². The second-order valence-electron chi connectivity index (χ2n) is 3.05. The number of hydrogen-bond donors (Lipinski definition) is 0. The maximum absolute atomic E-state index is 4.16. The smallest absolute Gasteiger partial charge is 0.186 e. The van der Waals surface area contributed by atoms with Gasteiger partial charge in [0.05, 0.1) is 0 Å². The van der Waals surface area contributed by atoms with Crippen molar-refractivity contribution in [3.63, 3.8) is 0 Å². The standard InChI is InChI=1S/C10H10BrN3S/c1-14-10(12-7-13-14)15-6-8-4-2-3-5-9(8)11/h2-5,7H,6H2,1H3. The Bertz CT molecular complexity index is 455. The molecule has 1 aromatic carbocycles. The van der Waals surface area contributed by atoms with E-state index in [0.717, 1.165) is 15.4 Å². The lowest BCUT2D eigenvalue weighted by Crippen LogP contribution is -1.93. The van der Waals surface area contributed by atoms with Crippen molar-refractivity contribution in [1.29, 1.82) is 0 Å². The van der Waals surface area contributed by atoms with Gasteiger partial charge in [-0.3, -0.25) is 0 Å². The van der Waals surface area contributed by atoms with E-state index in [-0.39, 0.29) is 0 Å². The summed E-state index contributed by atoms with van der Waals surface area (Å²) in [6, 6.07) is 8.21. The van der Waals surface area contributed by atoms with E-state index in [0.29, 0.717) is 0 Å². The highest BCUT2D eigenvalue weighted by atomic mass is 79.9. The quantitative estimate of drug-likeness (QED) is 0.812. The zero-order chi connectivity index (χ0) is 10.7. The van der Waals surface area contributed by atoms with Gasteiger partial charge in [0.2, 0.25) is 0 Å². The van der Waals surface area contributed by atoms with Gasteiger partial charge in [-0.05, 0) is 11.6 Å². The van der Waals surface area contributed by atoms with Gasteiger partial charge >= 0.3 is 0 Å². The molecule has 0 atom stereocenters. The molecule has 78 valence electrons. The predicted molar refractivity (Wildman–Crippen MR) is 64.7 cm³/mol. The highest BCUT2D eigenvalue weighted by Crippen LogP contribution is 2.24. The lowest BCUT2D eigenvalue weighted by molar-refractivity contribution is 0.685. The summed E-state index contributed by atoms with van der Waals surface area (Å²) in [5, 5.41) is 4.96. The largest absolute Gasteiger partial charge is 0.244 e. The molecule has 1 aromatic heterocycles. The SMILES string of the molecule is Cn1ncnc1SCc1ccccc1Br. The van der Waals surface area contributed by atoms with E-state index in [4.69, 9.17) is 0 Å². The van der Waals surface area contributed by atoms with E-state index in [1.807, 2.05) is 25.2 Å². The molecule has 0 aliphatic carbocycles. The van der Waals surface area contributed by atoms with E-state index >= 15 is 0 Å². The van der Waals surface area contributed by atoms with Crippen LogP contribution < -0.4 is 0 Å². The van der Waals surface area contributed by atoms with E-state index in [1.165, 1.54) is 5.56 Å². The first-order chi connectivity index (χ1) is 7.27. The number of benzene rings is 1. The molecule has 0 saturated heterocycles. The normalized spacial score (nSPS) is 10.5. The number of hydrogen-bond acceptors (Lipinski definition) is 3. The van der Waals surface area contributed by atoms with Crippen molar-refractivity contribution in [2.75, 3.05) is 0 Å². The minimum atomic E-state index is 0.897. The fourth-order valence-electron chi connectivity index (χ4n) is 1.17. The van der Waals surface area contributed by atoms with Gasteiger partial charge < -0.3 is 0 Å². The molecule has 3 nitrogen and oxygen atoms in total. The highest BCUT2D eigenvalue weighted by molar-refractivity contribution is 9.10. The van der Waals surface area contributed by atoms with Crippen molar-refractivity contribution in [2.24, 2.45) is 7.05 Å². The van der Waals surface area contributed by atoms with Crippen LogP contribution in [0.25, 0.3) is 0 Å². The molecule has 2 aromatic rings. The van der Waals surface area contributed by atoms with Gasteiger partial charge in [0.25, 0.3) is 0 Å². The number of aryl methyl sites for hydroxylation is 1. The number of rotatable bonds is 3. The third-order valence-corrected chi connectivity index (χ3v) is 3.84. The summed E-state index contributed by atoms with van der Waals surface area (Å²) in [4.78, 5) is 4.16. The first-order valence-electron chi connectivity index (χ1n) is 4.47. The highest BCUT2D eigenvalue weighted by Gasteiger charge is 2.03. The summed E-state index contributed by atoms with van der Waals surface area (Å²) in [7, 11) is 1.90. The first-order valence-corrected chi connectivity index (χ1v) is 6.25. The lowest BCUT2D eigenvalue weighted by Gasteiger charge is -2.03. The molecule has 0 radical (unpaired) electrons. The van der Waals surface area contributed by atoms with Crippen molar-refractivity contribution in [3.8, 4) is 0 Å². The molecular formula is C10H10BrN3S.